The Bertz CT molecular complexity index is 1190. The summed E-state index contributed by atoms with van der Waals surface area (Å²) in [7, 11) is 5.86. The first kappa shape index (κ1) is 26.7. The highest BCUT2D eigenvalue weighted by atomic mass is 32.2. The summed E-state index contributed by atoms with van der Waals surface area (Å²) in [6.45, 7) is 1.60. The van der Waals surface area contributed by atoms with Crippen molar-refractivity contribution >= 4 is 63.3 Å². The molecule has 3 aromatic rings. The van der Waals surface area contributed by atoms with Crippen molar-refractivity contribution in [3.8, 4) is 0 Å². The summed E-state index contributed by atoms with van der Waals surface area (Å²) in [5.74, 6) is -1.51. The van der Waals surface area contributed by atoms with Crippen LogP contribution in [0.3, 0.4) is 0 Å². The number of carbonyl (C=O) groups is 4. The second kappa shape index (κ2) is 12.7. The third-order valence-electron chi connectivity index (χ3n) is 4.22. The minimum atomic E-state index is -0.640. The van der Waals surface area contributed by atoms with Gasteiger partial charge in [-0.05, 0) is 18.6 Å². The summed E-state index contributed by atoms with van der Waals surface area (Å²) in [4.78, 5) is 56.1. The largest absolute Gasteiger partial charge is 0.465 e. The maximum atomic E-state index is 12.5. The summed E-state index contributed by atoms with van der Waals surface area (Å²) in [6, 6.07) is 7.51. The monoisotopic (exact) mass is 504 g/mol. The lowest BCUT2D eigenvalue weighted by atomic mass is 10.1. The van der Waals surface area contributed by atoms with E-state index >= 15 is 0 Å². The van der Waals surface area contributed by atoms with E-state index in [0.717, 1.165) is 28.6 Å². The highest BCUT2D eigenvalue weighted by molar-refractivity contribution is 8.00. The Kier molecular flexibility index (Phi) is 9.95. The minimum absolute atomic E-state index is 0.0616. The topological polar surface area (TPSA) is 128 Å². The molecule has 0 atom stereocenters. The molecule has 180 valence electrons. The maximum absolute atomic E-state index is 12.5. The maximum Gasteiger partial charge on any atom is 0.348 e. The molecule has 0 spiro atoms. The van der Waals surface area contributed by atoms with Crippen LogP contribution in [0.15, 0.2) is 35.6 Å². The van der Waals surface area contributed by atoms with Crippen LogP contribution >= 0.6 is 23.1 Å². The van der Waals surface area contributed by atoms with Gasteiger partial charge >= 0.3 is 11.9 Å². The van der Waals surface area contributed by atoms with E-state index in [1.807, 2.05) is 24.3 Å². The van der Waals surface area contributed by atoms with E-state index in [1.54, 1.807) is 21.0 Å². The Morgan fingerprint density at radius 3 is 2.38 bits per heavy atom. The smallest absolute Gasteiger partial charge is 0.348 e. The molecule has 2 amide bonds. The van der Waals surface area contributed by atoms with E-state index in [0.29, 0.717) is 10.6 Å². The van der Waals surface area contributed by atoms with Crippen LogP contribution in [0.5, 0.6) is 0 Å². The highest BCUT2D eigenvalue weighted by Crippen LogP contribution is 2.34. The Hall–Kier alpha value is -3.51. The molecule has 34 heavy (non-hydrogen) atoms. The third kappa shape index (κ3) is 6.75. The zero-order chi connectivity index (χ0) is 25.3. The zero-order valence-electron chi connectivity index (χ0n) is 19.3. The molecule has 1 aromatic carbocycles. The fourth-order valence-electron chi connectivity index (χ4n) is 2.63. The zero-order valence-corrected chi connectivity index (χ0v) is 20.9. The number of para-hydroxylation sites is 1. The molecule has 0 saturated heterocycles. The van der Waals surface area contributed by atoms with Gasteiger partial charge in [0.1, 0.15) is 21.2 Å². The van der Waals surface area contributed by atoms with Crippen molar-refractivity contribution in [1.29, 1.82) is 0 Å². The SMILES string of the molecule is CN(C)C=O.COC(=O)c1sc(NC(=O)CSc2ncnc3ccccc23)c(C(=O)OC)c1C. The molecule has 0 radical (unpaired) electrons. The first-order valence-electron chi connectivity index (χ1n) is 9.77. The van der Waals surface area contributed by atoms with Gasteiger partial charge in [0, 0.05) is 19.5 Å². The average Bonchev–Trinajstić information content (AvgIpc) is 3.17. The fraction of sp³-hybridized carbons (Fsp3) is 0.273. The van der Waals surface area contributed by atoms with E-state index in [2.05, 4.69) is 15.3 Å². The molecule has 3 rings (SSSR count). The molecular weight excluding hydrogens is 480 g/mol. The van der Waals surface area contributed by atoms with Crippen LogP contribution in [0, 0.1) is 6.92 Å². The Labute approximate surface area is 204 Å². The number of anilines is 1. The number of thiophene rings is 1. The minimum Gasteiger partial charge on any atom is -0.465 e. The van der Waals surface area contributed by atoms with Crippen LogP contribution < -0.4 is 5.32 Å². The number of ether oxygens (including phenoxy) is 2. The summed E-state index contributed by atoms with van der Waals surface area (Å²) < 4.78 is 9.52. The van der Waals surface area contributed by atoms with Crippen LogP contribution in [-0.4, -0.2) is 73.2 Å². The normalized spacial score (nSPS) is 10.0. The number of benzene rings is 1. The predicted molar refractivity (Wildman–Crippen MR) is 130 cm³/mol. The number of rotatable bonds is 7. The molecule has 0 unspecified atom stereocenters. The number of fused-ring (bicyclic) bond motifs is 1. The second-order valence-electron chi connectivity index (χ2n) is 6.85. The van der Waals surface area contributed by atoms with Crippen molar-refractivity contribution in [2.75, 3.05) is 39.4 Å². The van der Waals surface area contributed by atoms with Crippen LogP contribution in [0.4, 0.5) is 5.00 Å². The van der Waals surface area contributed by atoms with Gasteiger partial charge < -0.3 is 19.7 Å². The van der Waals surface area contributed by atoms with Gasteiger partial charge in [-0.25, -0.2) is 19.6 Å². The number of amides is 2. The van der Waals surface area contributed by atoms with Gasteiger partial charge in [0.15, 0.2) is 0 Å². The van der Waals surface area contributed by atoms with Gasteiger partial charge in [0.25, 0.3) is 0 Å². The fourth-order valence-corrected chi connectivity index (χ4v) is 4.55. The molecule has 1 N–H and O–H groups in total. The van der Waals surface area contributed by atoms with Crippen LogP contribution in [-0.2, 0) is 19.1 Å². The summed E-state index contributed by atoms with van der Waals surface area (Å²) in [6.07, 6.45) is 2.20. The van der Waals surface area contributed by atoms with Crippen molar-refractivity contribution in [2.24, 2.45) is 0 Å². The molecule has 0 aliphatic heterocycles. The van der Waals surface area contributed by atoms with Gasteiger partial charge in [-0.3, -0.25) is 9.59 Å². The van der Waals surface area contributed by atoms with Gasteiger partial charge in [-0.2, -0.15) is 0 Å². The number of hydrogen-bond acceptors (Lipinski definition) is 10. The molecular formula is C22H24N4O6S2. The van der Waals surface area contributed by atoms with Crippen LogP contribution in [0.25, 0.3) is 10.9 Å². The van der Waals surface area contributed by atoms with Gasteiger partial charge in [0.2, 0.25) is 12.3 Å². The lowest BCUT2D eigenvalue weighted by Crippen LogP contribution is -2.16. The van der Waals surface area contributed by atoms with E-state index in [-0.39, 0.29) is 27.1 Å². The number of carbonyl (C=O) groups excluding carboxylic acids is 4. The third-order valence-corrected chi connectivity index (χ3v) is 6.41. The first-order valence-corrected chi connectivity index (χ1v) is 11.6. The molecule has 0 aliphatic rings. The number of esters is 2. The van der Waals surface area contributed by atoms with Gasteiger partial charge in [-0.15, -0.1) is 11.3 Å². The number of nitrogens with zero attached hydrogens (tertiary/aromatic N) is 3. The Balaban J connectivity index is 0.000000739. The molecule has 0 fully saturated rings. The average molecular weight is 505 g/mol. The van der Waals surface area contributed by atoms with Crippen LogP contribution in [0.1, 0.15) is 25.6 Å². The summed E-state index contributed by atoms with van der Waals surface area (Å²) in [5, 5.41) is 4.46. The number of thioether (sulfide) groups is 1. The van der Waals surface area contributed by atoms with Crippen molar-refractivity contribution in [3.63, 3.8) is 0 Å². The Morgan fingerprint density at radius 2 is 1.76 bits per heavy atom. The molecule has 10 nitrogen and oxygen atoms in total. The number of aromatic nitrogens is 2. The van der Waals surface area contributed by atoms with E-state index in [9.17, 15) is 19.2 Å². The van der Waals surface area contributed by atoms with E-state index in [4.69, 9.17) is 9.47 Å². The summed E-state index contributed by atoms with van der Waals surface area (Å²) >= 11 is 2.23. The molecule has 0 bridgehead atoms. The lowest BCUT2D eigenvalue weighted by Gasteiger charge is -2.07. The number of hydrogen-bond donors (Lipinski definition) is 1. The molecule has 2 aromatic heterocycles. The van der Waals surface area contributed by atoms with E-state index in [1.165, 1.54) is 37.2 Å². The van der Waals surface area contributed by atoms with Crippen LogP contribution in [0.2, 0.25) is 0 Å². The lowest BCUT2D eigenvalue weighted by molar-refractivity contribution is -0.116. The predicted octanol–water partition coefficient (Wildman–Crippen LogP) is 3.01. The Morgan fingerprint density at radius 1 is 1.12 bits per heavy atom. The molecule has 0 saturated carbocycles. The molecule has 2 heterocycles. The quantitative estimate of drug-likeness (QED) is 0.223. The molecule has 0 aliphatic carbocycles. The summed E-state index contributed by atoms with van der Waals surface area (Å²) in [5.41, 5.74) is 1.33. The van der Waals surface area contributed by atoms with Gasteiger partial charge in [-0.1, -0.05) is 30.0 Å². The van der Waals surface area contributed by atoms with Crippen molar-refractivity contribution < 1.29 is 28.7 Å². The highest BCUT2D eigenvalue weighted by Gasteiger charge is 2.26. The number of methoxy groups -OCH3 is 2. The first-order chi connectivity index (χ1) is 16.2. The second-order valence-corrected chi connectivity index (χ2v) is 8.83. The van der Waals surface area contributed by atoms with Crippen molar-refractivity contribution in [1.82, 2.24) is 14.9 Å². The molecule has 12 heteroatoms. The van der Waals surface area contributed by atoms with Crippen molar-refractivity contribution in [2.45, 2.75) is 11.9 Å². The standard InChI is InChI=1S/C19H17N3O5S2.C3H7NO/c1-10-14(18(24)26-2)17(29-15(10)19(25)27-3)22-13(23)8-28-16-11-6-4-5-7-12(11)20-9-21-16;1-4(2)3-5/h4-7,9H,8H2,1-3H3,(H,22,23);3H,1-2H3. The van der Waals surface area contributed by atoms with Gasteiger partial charge in [0.05, 0.1) is 31.1 Å². The van der Waals surface area contributed by atoms with E-state index < -0.39 is 11.9 Å². The van der Waals surface area contributed by atoms with Crippen molar-refractivity contribution in [3.05, 3.63) is 46.6 Å². The number of nitrogens with one attached hydrogen (secondary N) is 1.